The third-order valence-electron chi connectivity index (χ3n) is 3.21. The van der Waals surface area contributed by atoms with Gasteiger partial charge in [-0.15, -0.1) is 0 Å². The van der Waals surface area contributed by atoms with Crippen LogP contribution in [0, 0.1) is 5.92 Å². The molecule has 0 bridgehead atoms. The topological polar surface area (TPSA) is 36.0 Å². The Morgan fingerprint density at radius 3 is 2.50 bits per heavy atom. The molecule has 0 radical (unpaired) electrons. The highest BCUT2D eigenvalue weighted by molar-refractivity contribution is 5.12. The summed E-state index contributed by atoms with van der Waals surface area (Å²) < 4.78 is 0. The number of rotatable bonds is 3. The standard InChI is InChI=1S/C12H19NO/c14-9-12-7-6-11(13-12)8-10-4-2-1-3-5-10/h6-7,10,13-14H,1-5,8-9H2. The minimum absolute atomic E-state index is 0.130. The highest BCUT2D eigenvalue weighted by Crippen LogP contribution is 2.26. The molecule has 0 atom stereocenters. The lowest BCUT2D eigenvalue weighted by molar-refractivity contribution is 0.277. The van der Waals surface area contributed by atoms with Crippen molar-refractivity contribution < 1.29 is 5.11 Å². The van der Waals surface area contributed by atoms with Gasteiger partial charge in [0.25, 0.3) is 0 Å². The molecule has 0 aromatic carbocycles. The summed E-state index contributed by atoms with van der Waals surface area (Å²) in [5.41, 5.74) is 2.23. The van der Waals surface area contributed by atoms with Crippen LogP contribution in [0.4, 0.5) is 0 Å². The van der Waals surface area contributed by atoms with Crippen molar-refractivity contribution in [2.75, 3.05) is 0 Å². The van der Waals surface area contributed by atoms with Gasteiger partial charge in [-0.1, -0.05) is 32.1 Å². The number of aromatic amines is 1. The van der Waals surface area contributed by atoms with Crippen molar-refractivity contribution in [3.8, 4) is 0 Å². The first-order chi connectivity index (χ1) is 6.88. The number of aliphatic hydroxyl groups excluding tert-OH is 1. The lowest BCUT2D eigenvalue weighted by Gasteiger charge is -2.20. The largest absolute Gasteiger partial charge is 0.390 e. The maximum atomic E-state index is 8.93. The molecule has 0 amide bonds. The van der Waals surface area contributed by atoms with Crippen LogP contribution in [0.5, 0.6) is 0 Å². The van der Waals surface area contributed by atoms with Gasteiger partial charge in [0, 0.05) is 11.4 Å². The Balaban J connectivity index is 1.89. The van der Waals surface area contributed by atoms with Crippen LogP contribution in [0.15, 0.2) is 12.1 Å². The monoisotopic (exact) mass is 193 g/mol. The molecule has 1 heterocycles. The molecule has 0 spiro atoms. The summed E-state index contributed by atoms with van der Waals surface area (Å²) in [5.74, 6) is 0.869. The van der Waals surface area contributed by atoms with Gasteiger partial charge in [-0.05, 0) is 24.5 Å². The van der Waals surface area contributed by atoms with E-state index in [1.165, 1.54) is 44.2 Å². The molecule has 14 heavy (non-hydrogen) atoms. The van der Waals surface area contributed by atoms with E-state index in [-0.39, 0.29) is 6.61 Å². The van der Waals surface area contributed by atoms with Gasteiger partial charge in [0.1, 0.15) is 0 Å². The first kappa shape index (κ1) is 9.78. The molecule has 1 aliphatic rings. The van der Waals surface area contributed by atoms with Crippen LogP contribution >= 0.6 is 0 Å². The molecule has 0 aliphatic heterocycles. The van der Waals surface area contributed by atoms with Crippen LogP contribution in [-0.2, 0) is 13.0 Å². The average molecular weight is 193 g/mol. The Labute approximate surface area is 85.3 Å². The van der Waals surface area contributed by atoms with Crippen molar-refractivity contribution in [3.05, 3.63) is 23.5 Å². The lowest BCUT2D eigenvalue weighted by atomic mass is 9.86. The van der Waals surface area contributed by atoms with Gasteiger partial charge in [0.2, 0.25) is 0 Å². The van der Waals surface area contributed by atoms with E-state index in [1.54, 1.807) is 0 Å². The summed E-state index contributed by atoms with van der Waals surface area (Å²) in [6, 6.07) is 4.10. The van der Waals surface area contributed by atoms with Crippen LogP contribution in [0.1, 0.15) is 43.5 Å². The fourth-order valence-corrected chi connectivity index (χ4v) is 2.40. The third-order valence-corrected chi connectivity index (χ3v) is 3.21. The van der Waals surface area contributed by atoms with E-state index < -0.39 is 0 Å². The average Bonchev–Trinajstić information content (AvgIpc) is 2.67. The summed E-state index contributed by atoms with van der Waals surface area (Å²) in [4.78, 5) is 3.26. The van der Waals surface area contributed by atoms with Gasteiger partial charge in [0.05, 0.1) is 6.61 Å². The van der Waals surface area contributed by atoms with Crippen molar-refractivity contribution in [2.24, 2.45) is 5.92 Å². The van der Waals surface area contributed by atoms with Gasteiger partial charge in [-0.3, -0.25) is 0 Å². The number of H-pyrrole nitrogens is 1. The van der Waals surface area contributed by atoms with Crippen molar-refractivity contribution in [1.82, 2.24) is 4.98 Å². The Morgan fingerprint density at radius 2 is 1.86 bits per heavy atom. The number of hydrogen-bond acceptors (Lipinski definition) is 1. The minimum atomic E-state index is 0.130. The van der Waals surface area contributed by atoms with E-state index in [0.717, 1.165) is 11.6 Å². The number of aromatic nitrogens is 1. The molecule has 1 fully saturated rings. The number of hydrogen-bond donors (Lipinski definition) is 2. The molecule has 0 unspecified atom stereocenters. The Hall–Kier alpha value is -0.760. The molecule has 1 aromatic rings. The summed E-state index contributed by atoms with van der Waals surface area (Å²) in [6.45, 7) is 0.130. The quantitative estimate of drug-likeness (QED) is 0.760. The zero-order valence-corrected chi connectivity index (χ0v) is 8.63. The smallest absolute Gasteiger partial charge is 0.0830 e. The van der Waals surface area contributed by atoms with E-state index in [4.69, 9.17) is 5.11 Å². The van der Waals surface area contributed by atoms with E-state index in [0.29, 0.717) is 0 Å². The highest BCUT2D eigenvalue weighted by Gasteiger charge is 2.14. The Bertz CT molecular complexity index is 274. The van der Waals surface area contributed by atoms with Gasteiger partial charge < -0.3 is 10.1 Å². The lowest BCUT2D eigenvalue weighted by Crippen LogP contribution is -2.09. The van der Waals surface area contributed by atoms with Crippen LogP contribution in [0.2, 0.25) is 0 Å². The number of aliphatic hydroxyl groups is 1. The highest BCUT2D eigenvalue weighted by atomic mass is 16.3. The summed E-state index contributed by atoms with van der Waals surface area (Å²) in [7, 11) is 0. The molecule has 1 aromatic heterocycles. The molecule has 2 N–H and O–H groups in total. The second-order valence-corrected chi connectivity index (χ2v) is 4.38. The molecule has 2 nitrogen and oxygen atoms in total. The van der Waals surface area contributed by atoms with Crippen LogP contribution < -0.4 is 0 Å². The molecule has 78 valence electrons. The zero-order chi connectivity index (χ0) is 9.80. The summed E-state index contributed by atoms with van der Waals surface area (Å²) >= 11 is 0. The maximum absolute atomic E-state index is 8.93. The van der Waals surface area contributed by atoms with Crippen molar-refractivity contribution in [1.29, 1.82) is 0 Å². The normalized spacial score (nSPS) is 18.6. The van der Waals surface area contributed by atoms with Gasteiger partial charge >= 0.3 is 0 Å². The Morgan fingerprint density at radius 1 is 1.14 bits per heavy atom. The molecule has 2 heteroatoms. The van der Waals surface area contributed by atoms with E-state index in [1.807, 2.05) is 6.07 Å². The number of nitrogens with one attached hydrogen (secondary N) is 1. The minimum Gasteiger partial charge on any atom is -0.390 e. The Kier molecular flexibility index (Phi) is 3.25. The molecular weight excluding hydrogens is 174 g/mol. The first-order valence-electron chi connectivity index (χ1n) is 5.66. The fourth-order valence-electron chi connectivity index (χ4n) is 2.40. The predicted molar refractivity (Wildman–Crippen MR) is 57.0 cm³/mol. The SMILES string of the molecule is OCc1ccc(CC2CCCCC2)[nH]1. The molecular formula is C12H19NO. The molecule has 2 rings (SSSR count). The van der Waals surface area contributed by atoms with Crippen LogP contribution in [-0.4, -0.2) is 10.1 Å². The second kappa shape index (κ2) is 4.65. The van der Waals surface area contributed by atoms with E-state index in [2.05, 4.69) is 11.1 Å². The van der Waals surface area contributed by atoms with Crippen LogP contribution in [0.25, 0.3) is 0 Å². The predicted octanol–water partition coefficient (Wildman–Crippen LogP) is 2.63. The summed E-state index contributed by atoms with van der Waals surface area (Å²) in [6.07, 6.45) is 8.15. The zero-order valence-electron chi connectivity index (χ0n) is 8.63. The van der Waals surface area contributed by atoms with Gasteiger partial charge in [-0.25, -0.2) is 0 Å². The molecule has 1 aliphatic carbocycles. The van der Waals surface area contributed by atoms with Crippen molar-refractivity contribution >= 4 is 0 Å². The first-order valence-corrected chi connectivity index (χ1v) is 5.66. The molecule has 1 saturated carbocycles. The summed E-state index contributed by atoms with van der Waals surface area (Å²) in [5, 5.41) is 8.93. The second-order valence-electron chi connectivity index (χ2n) is 4.38. The van der Waals surface area contributed by atoms with Gasteiger partial charge in [-0.2, -0.15) is 0 Å². The third kappa shape index (κ3) is 2.38. The van der Waals surface area contributed by atoms with E-state index in [9.17, 15) is 0 Å². The fraction of sp³-hybridized carbons (Fsp3) is 0.667. The van der Waals surface area contributed by atoms with Crippen molar-refractivity contribution in [3.63, 3.8) is 0 Å². The van der Waals surface area contributed by atoms with E-state index >= 15 is 0 Å². The van der Waals surface area contributed by atoms with Crippen molar-refractivity contribution in [2.45, 2.75) is 45.1 Å². The van der Waals surface area contributed by atoms with Crippen LogP contribution in [0.3, 0.4) is 0 Å². The maximum Gasteiger partial charge on any atom is 0.0830 e. The molecule has 0 saturated heterocycles. The van der Waals surface area contributed by atoms with Gasteiger partial charge in [0.15, 0.2) is 0 Å².